The number of ether oxygens (including phenoxy) is 1. The lowest BCUT2D eigenvalue weighted by Gasteiger charge is -2.28. The van der Waals surface area contributed by atoms with Gasteiger partial charge in [-0.1, -0.05) is 0 Å². The first kappa shape index (κ1) is 16.9. The fourth-order valence-electron chi connectivity index (χ4n) is 3.55. The monoisotopic (exact) mass is 331 g/mol. The molecule has 2 aliphatic carbocycles. The van der Waals surface area contributed by atoms with E-state index >= 15 is 0 Å². The third kappa shape index (κ3) is 3.94. The summed E-state index contributed by atoms with van der Waals surface area (Å²) in [6.07, 6.45) is 8.28. The van der Waals surface area contributed by atoms with Gasteiger partial charge in [0.05, 0.1) is 24.4 Å². The van der Waals surface area contributed by atoms with Crippen LogP contribution in [0.4, 0.5) is 11.8 Å². The quantitative estimate of drug-likeness (QED) is 0.758. The molecule has 7 heteroatoms. The minimum atomic E-state index is -0.382. The van der Waals surface area contributed by atoms with Crippen LogP contribution in [0.3, 0.4) is 0 Å². The molecule has 2 aliphatic rings. The third-order valence-corrected chi connectivity index (χ3v) is 5.05. The van der Waals surface area contributed by atoms with Crippen molar-refractivity contribution in [3.8, 4) is 6.07 Å². The number of nitrogens with one attached hydrogen (secondary N) is 2. The minimum Gasteiger partial charge on any atom is -0.391 e. The van der Waals surface area contributed by atoms with Gasteiger partial charge in [-0.05, 0) is 44.9 Å². The average Bonchev–Trinajstić information content (AvgIpc) is 3.01. The fourth-order valence-corrected chi connectivity index (χ4v) is 3.55. The Morgan fingerprint density at radius 3 is 2.62 bits per heavy atom. The topological polar surface area (TPSA) is 103 Å². The van der Waals surface area contributed by atoms with Crippen molar-refractivity contribution in [1.82, 2.24) is 9.97 Å². The molecule has 1 unspecified atom stereocenters. The van der Waals surface area contributed by atoms with E-state index in [9.17, 15) is 10.4 Å². The van der Waals surface area contributed by atoms with Crippen LogP contribution in [-0.2, 0) is 4.74 Å². The van der Waals surface area contributed by atoms with E-state index in [1.807, 2.05) is 0 Å². The number of aliphatic hydroxyl groups is 1. The standard InChI is InChI=1S/C17H25N5O2/c1-24-13-7-5-12(6-8-13)20-17-19-10-11(9-18)16(22-17)21-14-3-2-4-15(14)23/h10,12-15,23H,2-8H2,1H3,(H2,19,20,21,22)/t12-,13-,14?,15-/m1/s1. The summed E-state index contributed by atoms with van der Waals surface area (Å²) in [5.74, 6) is 1.04. The smallest absolute Gasteiger partial charge is 0.224 e. The maximum absolute atomic E-state index is 9.98. The number of aliphatic hydroxyl groups excluding tert-OH is 1. The van der Waals surface area contributed by atoms with E-state index in [-0.39, 0.29) is 12.1 Å². The summed E-state index contributed by atoms with van der Waals surface area (Å²) < 4.78 is 5.39. The highest BCUT2D eigenvalue weighted by molar-refractivity contribution is 5.54. The van der Waals surface area contributed by atoms with E-state index in [2.05, 4.69) is 26.7 Å². The second kappa shape index (κ2) is 7.77. The number of rotatable bonds is 5. The maximum atomic E-state index is 9.98. The van der Waals surface area contributed by atoms with Crippen LogP contribution in [0.1, 0.15) is 50.5 Å². The van der Waals surface area contributed by atoms with Gasteiger partial charge in [0.15, 0.2) is 0 Å². The molecule has 0 bridgehead atoms. The molecular formula is C17H25N5O2. The van der Waals surface area contributed by atoms with Crippen LogP contribution < -0.4 is 10.6 Å². The summed E-state index contributed by atoms with van der Waals surface area (Å²) >= 11 is 0. The molecule has 0 spiro atoms. The molecule has 0 aromatic carbocycles. The first-order valence-corrected chi connectivity index (χ1v) is 8.70. The van der Waals surface area contributed by atoms with Crippen molar-refractivity contribution < 1.29 is 9.84 Å². The number of methoxy groups -OCH3 is 1. The van der Waals surface area contributed by atoms with Gasteiger partial charge in [0.1, 0.15) is 17.5 Å². The van der Waals surface area contributed by atoms with Crippen molar-refractivity contribution in [3.05, 3.63) is 11.8 Å². The van der Waals surface area contributed by atoms with E-state index < -0.39 is 0 Å². The Hall–Kier alpha value is -1.91. The summed E-state index contributed by atoms with van der Waals surface area (Å²) in [5, 5.41) is 25.8. The van der Waals surface area contributed by atoms with Gasteiger partial charge in [0, 0.05) is 13.2 Å². The first-order chi connectivity index (χ1) is 11.7. The molecule has 0 radical (unpaired) electrons. The largest absolute Gasteiger partial charge is 0.391 e. The zero-order valence-electron chi connectivity index (χ0n) is 14.0. The number of nitrogens with zero attached hydrogens (tertiary/aromatic N) is 3. The molecule has 3 N–H and O–H groups in total. The lowest BCUT2D eigenvalue weighted by atomic mass is 9.93. The Kier molecular flexibility index (Phi) is 5.48. The Morgan fingerprint density at radius 1 is 1.21 bits per heavy atom. The predicted octanol–water partition coefficient (Wildman–Crippen LogP) is 2.04. The Labute approximate surface area is 142 Å². The van der Waals surface area contributed by atoms with Gasteiger partial charge in [-0.25, -0.2) is 4.98 Å². The number of hydrogen-bond donors (Lipinski definition) is 3. The van der Waals surface area contributed by atoms with Gasteiger partial charge in [-0.15, -0.1) is 0 Å². The second-order valence-electron chi connectivity index (χ2n) is 6.67. The molecule has 7 nitrogen and oxygen atoms in total. The normalized spacial score (nSPS) is 29.9. The first-order valence-electron chi connectivity index (χ1n) is 8.70. The Morgan fingerprint density at radius 2 is 2.00 bits per heavy atom. The molecular weight excluding hydrogens is 306 g/mol. The van der Waals surface area contributed by atoms with Crippen molar-refractivity contribution in [1.29, 1.82) is 5.26 Å². The van der Waals surface area contributed by atoms with E-state index in [1.165, 1.54) is 0 Å². The predicted molar refractivity (Wildman–Crippen MR) is 90.7 cm³/mol. The summed E-state index contributed by atoms with van der Waals surface area (Å²) in [4.78, 5) is 8.74. The molecule has 130 valence electrons. The molecule has 2 saturated carbocycles. The summed E-state index contributed by atoms with van der Waals surface area (Å²) in [7, 11) is 1.76. The summed E-state index contributed by atoms with van der Waals surface area (Å²) in [6, 6.07) is 2.40. The second-order valence-corrected chi connectivity index (χ2v) is 6.67. The highest BCUT2D eigenvalue weighted by atomic mass is 16.5. The molecule has 1 aromatic rings. The molecule has 2 atom stereocenters. The van der Waals surface area contributed by atoms with Crippen LogP contribution in [-0.4, -0.2) is 46.5 Å². The van der Waals surface area contributed by atoms with Gasteiger partial charge in [0.25, 0.3) is 0 Å². The van der Waals surface area contributed by atoms with Gasteiger partial charge in [-0.2, -0.15) is 10.2 Å². The third-order valence-electron chi connectivity index (χ3n) is 5.05. The fraction of sp³-hybridized carbons (Fsp3) is 0.706. The van der Waals surface area contributed by atoms with Crippen LogP contribution in [0.2, 0.25) is 0 Å². The molecule has 3 rings (SSSR count). The van der Waals surface area contributed by atoms with Crippen molar-refractivity contribution in [2.75, 3.05) is 17.7 Å². The Bertz CT molecular complexity index is 595. The number of hydrogen-bond acceptors (Lipinski definition) is 7. The van der Waals surface area contributed by atoms with Gasteiger partial charge >= 0.3 is 0 Å². The molecule has 0 amide bonds. The SMILES string of the molecule is CO[C@H]1CC[C@H](Nc2ncc(C#N)c(NC3CCC[C@H]3O)n2)CC1. The average molecular weight is 331 g/mol. The highest BCUT2D eigenvalue weighted by Crippen LogP contribution is 2.26. The van der Waals surface area contributed by atoms with Crippen LogP contribution in [0, 0.1) is 11.3 Å². The molecule has 2 fully saturated rings. The number of nitriles is 1. The van der Waals surface area contributed by atoms with E-state index in [0.29, 0.717) is 29.5 Å². The van der Waals surface area contributed by atoms with E-state index in [1.54, 1.807) is 13.3 Å². The van der Waals surface area contributed by atoms with Gasteiger partial charge < -0.3 is 20.5 Å². The molecule has 24 heavy (non-hydrogen) atoms. The van der Waals surface area contributed by atoms with Crippen LogP contribution in [0.25, 0.3) is 0 Å². The van der Waals surface area contributed by atoms with Crippen LogP contribution >= 0.6 is 0 Å². The van der Waals surface area contributed by atoms with Crippen molar-refractivity contribution in [2.45, 2.75) is 69.2 Å². The number of aromatic nitrogens is 2. The van der Waals surface area contributed by atoms with Crippen molar-refractivity contribution >= 4 is 11.8 Å². The molecule has 0 aliphatic heterocycles. The zero-order chi connectivity index (χ0) is 16.9. The zero-order valence-corrected chi connectivity index (χ0v) is 14.0. The van der Waals surface area contributed by atoms with E-state index in [4.69, 9.17) is 4.74 Å². The molecule has 1 aromatic heterocycles. The molecule has 1 heterocycles. The number of anilines is 2. The summed E-state index contributed by atoms with van der Waals surface area (Å²) in [5.41, 5.74) is 0.405. The highest BCUT2D eigenvalue weighted by Gasteiger charge is 2.26. The maximum Gasteiger partial charge on any atom is 0.224 e. The van der Waals surface area contributed by atoms with Gasteiger partial charge in [0.2, 0.25) is 5.95 Å². The van der Waals surface area contributed by atoms with Crippen molar-refractivity contribution in [2.24, 2.45) is 0 Å². The van der Waals surface area contributed by atoms with Crippen LogP contribution in [0.5, 0.6) is 0 Å². The lowest BCUT2D eigenvalue weighted by Crippen LogP contribution is -2.31. The summed E-state index contributed by atoms with van der Waals surface area (Å²) in [6.45, 7) is 0. The van der Waals surface area contributed by atoms with Gasteiger partial charge in [-0.3, -0.25) is 0 Å². The van der Waals surface area contributed by atoms with E-state index in [0.717, 1.165) is 44.9 Å². The lowest BCUT2D eigenvalue weighted by molar-refractivity contribution is 0.0681. The minimum absolute atomic E-state index is 0.0445. The molecule has 0 saturated heterocycles. The van der Waals surface area contributed by atoms with Crippen LogP contribution in [0.15, 0.2) is 6.20 Å². The van der Waals surface area contributed by atoms with Crippen molar-refractivity contribution in [3.63, 3.8) is 0 Å². The Balaban J connectivity index is 1.66.